The second kappa shape index (κ2) is 10.1. The minimum atomic E-state index is -3.85. The monoisotopic (exact) mass is 510 g/mol. The number of rotatable bonds is 7. The topological polar surface area (TPSA) is 66.5 Å². The van der Waals surface area contributed by atoms with Gasteiger partial charge in [0.05, 0.1) is 33.1 Å². The second-order valence-electron chi connectivity index (χ2n) is 7.26. The third-order valence-electron chi connectivity index (χ3n) is 4.88. The van der Waals surface area contributed by atoms with Crippen LogP contribution in [0.2, 0.25) is 15.1 Å². The molecule has 0 spiro atoms. The molecule has 32 heavy (non-hydrogen) atoms. The van der Waals surface area contributed by atoms with Crippen LogP contribution in [-0.2, 0) is 14.8 Å². The molecule has 0 radical (unpaired) electrons. The molecular formula is C23H21Cl3N2O3S. The lowest BCUT2D eigenvalue weighted by atomic mass is 9.95. The molecule has 0 aliphatic rings. The maximum atomic E-state index is 13.1. The van der Waals surface area contributed by atoms with Crippen molar-refractivity contribution in [3.05, 3.63) is 98.5 Å². The first kappa shape index (κ1) is 24.4. The molecule has 168 valence electrons. The van der Waals surface area contributed by atoms with E-state index < -0.39 is 28.5 Å². The van der Waals surface area contributed by atoms with Gasteiger partial charge in [-0.15, -0.1) is 0 Å². The van der Waals surface area contributed by atoms with Gasteiger partial charge in [-0.25, -0.2) is 8.42 Å². The Kier molecular flexibility index (Phi) is 7.72. The van der Waals surface area contributed by atoms with Crippen molar-refractivity contribution in [1.82, 2.24) is 5.32 Å². The van der Waals surface area contributed by atoms with E-state index in [4.69, 9.17) is 34.8 Å². The number of carbonyl (C=O) groups excluding carboxylic acids is 1. The lowest BCUT2D eigenvalue weighted by Crippen LogP contribution is -2.42. The predicted molar refractivity (Wildman–Crippen MR) is 131 cm³/mol. The Morgan fingerprint density at radius 1 is 0.938 bits per heavy atom. The van der Waals surface area contributed by atoms with Crippen molar-refractivity contribution in [3.8, 4) is 0 Å². The molecule has 3 aromatic carbocycles. The van der Waals surface area contributed by atoms with Gasteiger partial charge in [0.2, 0.25) is 15.9 Å². The van der Waals surface area contributed by atoms with Gasteiger partial charge >= 0.3 is 0 Å². The summed E-state index contributed by atoms with van der Waals surface area (Å²) in [7, 11) is -3.85. The molecule has 1 amide bonds. The first-order valence-electron chi connectivity index (χ1n) is 9.60. The standard InChI is InChI=1S/C23H21Cl3N2O3S/c1-15-8-6-7-11-17(15)23(16-9-4-3-5-10-16)27-22(29)14-28(32(2,30)31)21-13-19(25)18(24)12-20(21)26/h3-13,23H,14H2,1-2H3,(H,27,29)/t23-/m1/s1. The molecular weight excluding hydrogens is 491 g/mol. The van der Waals surface area contributed by atoms with Crippen LogP contribution >= 0.6 is 34.8 Å². The smallest absolute Gasteiger partial charge is 0.241 e. The van der Waals surface area contributed by atoms with Crippen molar-refractivity contribution in [2.75, 3.05) is 17.1 Å². The molecule has 0 saturated carbocycles. The van der Waals surface area contributed by atoms with E-state index in [9.17, 15) is 13.2 Å². The van der Waals surface area contributed by atoms with Gasteiger partial charge in [0.25, 0.3) is 0 Å². The second-order valence-corrected chi connectivity index (χ2v) is 10.4. The van der Waals surface area contributed by atoms with Crippen molar-refractivity contribution in [1.29, 1.82) is 0 Å². The van der Waals surface area contributed by atoms with Gasteiger partial charge in [0.15, 0.2) is 0 Å². The molecule has 3 aromatic rings. The zero-order chi connectivity index (χ0) is 23.5. The lowest BCUT2D eigenvalue weighted by Gasteiger charge is -2.26. The molecule has 1 atom stereocenters. The number of halogens is 3. The van der Waals surface area contributed by atoms with E-state index in [0.717, 1.165) is 27.3 Å². The zero-order valence-corrected chi connectivity index (χ0v) is 20.4. The summed E-state index contributed by atoms with van der Waals surface area (Å²) in [5.74, 6) is -0.505. The van der Waals surface area contributed by atoms with Gasteiger partial charge in [-0.1, -0.05) is 89.4 Å². The van der Waals surface area contributed by atoms with Crippen molar-refractivity contribution in [3.63, 3.8) is 0 Å². The minimum Gasteiger partial charge on any atom is -0.344 e. The van der Waals surface area contributed by atoms with Crippen LogP contribution in [0.25, 0.3) is 0 Å². The molecule has 0 saturated heterocycles. The molecule has 0 aliphatic carbocycles. The third kappa shape index (κ3) is 5.75. The fourth-order valence-corrected chi connectivity index (χ4v) is 4.87. The van der Waals surface area contributed by atoms with Gasteiger partial charge in [0.1, 0.15) is 6.54 Å². The van der Waals surface area contributed by atoms with Crippen LogP contribution in [0.1, 0.15) is 22.7 Å². The first-order valence-corrected chi connectivity index (χ1v) is 12.6. The number of sulfonamides is 1. The summed E-state index contributed by atoms with van der Waals surface area (Å²) >= 11 is 18.3. The van der Waals surface area contributed by atoms with E-state index >= 15 is 0 Å². The highest BCUT2D eigenvalue weighted by Gasteiger charge is 2.26. The van der Waals surface area contributed by atoms with Gasteiger partial charge < -0.3 is 5.32 Å². The summed E-state index contributed by atoms with van der Waals surface area (Å²) in [5.41, 5.74) is 2.85. The average molecular weight is 512 g/mol. The molecule has 0 unspecified atom stereocenters. The number of amides is 1. The Bertz CT molecular complexity index is 1230. The van der Waals surface area contributed by atoms with Crippen LogP contribution in [0.5, 0.6) is 0 Å². The molecule has 5 nitrogen and oxygen atoms in total. The van der Waals surface area contributed by atoms with Crippen molar-refractivity contribution in [2.24, 2.45) is 0 Å². The number of aryl methyl sites for hydroxylation is 1. The number of hydrogen-bond donors (Lipinski definition) is 1. The van der Waals surface area contributed by atoms with Crippen LogP contribution < -0.4 is 9.62 Å². The third-order valence-corrected chi connectivity index (χ3v) is 7.04. The van der Waals surface area contributed by atoms with Crippen LogP contribution in [-0.4, -0.2) is 27.1 Å². The van der Waals surface area contributed by atoms with Crippen LogP contribution in [0.3, 0.4) is 0 Å². The summed E-state index contributed by atoms with van der Waals surface area (Å²) in [4.78, 5) is 13.1. The maximum Gasteiger partial charge on any atom is 0.241 e. The predicted octanol–water partition coefficient (Wildman–Crippen LogP) is 5.63. The van der Waals surface area contributed by atoms with Crippen molar-refractivity contribution in [2.45, 2.75) is 13.0 Å². The minimum absolute atomic E-state index is 0.0659. The summed E-state index contributed by atoms with van der Waals surface area (Å²) in [6, 6.07) is 19.4. The van der Waals surface area contributed by atoms with E-state index in [2.05, 4.69) is 5.32 Å². The lowest BCUT2D eigenvalue weighted by molar-refractivity contribution is -0.120. The summed E-state index contributed by atoms with van der Waals surface area (Å²) in [5, 5.41) is 3.34. The SMILES string of the molecule is Cc1ccccc1[C@H](NC(=O)CN(c1cc(Cl)c(Cl)cc1Cl)S(C)(=O)=O)c1ccccc1. The van der Waals surface area contributed by atoms with Gasteiger partial charge in [-0.05, 0) is 35.7 Å². The van der Waals surface area contributed by atoms with E-state index in [0.29, 0.717) is 0 Å². The van der Waals surface area contributed by atoms with E-state index in [1.54, 1.807) is 0 Å². The van der Waals surface area contributed by atoms with Crippen LogP contribution in [0.15, 0.2) is 66.7 Å². The highest BCUT2D eigenvalue weighted by atomic mass is 35.5. The zero-order valence-electron chi connectivity index (χ0n) is 17.3. The van der Waals surface area contributed by atoms with E-state index in [1.807, 2.05) is 61.5 Å². The molecule has 3 rings (SSSR count). The van der Waals surface area contributed by atoms with Crippen LogP contribution in [0.4, 0.5) is 5.69 Å². The fraction of sp³-hybridized carbons (Fsp3) is 0.174. The number of nitrogens with one attached hydrogen (secondary N) is 1. The van der Waals surface area contributed by atoms with Gasteiger partial charge in [-0.3, -0.25) is 9.10 Å². The van der Waals surface area contributed by atoms with Gasteiger partial charge in [0, 0.05) is 0 Å². The number of nitrogens with zero attached hydrogens (tertiary/aromatic N) is 1. The Balaban J connectivity index is 1.95. The first-order chi connectivity index (χ1) is 15.1. The normalized spacial score (nSPS) is 12.3. The molecule has 1 N–H and O–H groups in total. The highest BCUT2D eigenvalue weighted by Crippen LogP contribution is 2.35. The molecule has 0 heterocycles. The van der Waals surface area contributed by atoms with E-state index in [1.165, 1.54) is 12.1 Å². The van der Waals surface area contributed by atoms with Crippen molar-refractivity contribution >= 4 is 56.4 Å². The molecule has 0 aromatic heterocycles. The van der Waals surface area contributed by atoms with Gasteiger partial charge in [-0.2, -0.15) is 0 Å². The molecule has 0 fully saturated rings. The number of benzene rings is 3. The Morgan fingerprint density at radius 2 is 1.53 bits per heavy atom. The average Bonchev–Trinajstić information content (AvgIpc) is 2.74. The number of anilines is 1. The number of hydrogen-bond acceptors (Lipinski definition) is 3. The summed E-state index contributed by atoms with van der Waals surface area (Å²) < 4.78 is 25.9. The number of carbonyl (C=O) groups is 1. The largest absolute Gasteiger partial charge is 0.344 e. The highest BCUT2D eigenvalue weighted by molar-refractivity contribution is 7.92. The summed E-state index contributed by atoms with van der Waals surface area (Å²) in [6.07, 6.45) is 0.995. The quantitative estimate of drug-likeness (QED) is 0.418. The summed E-state index contributed by atoms with van der Waals surface area (Å²) in [6.45, 7) is 1.47. The fourth-order valence-electron chi connectivity index (χ4n) is 3.32. The Hall–Kier alpha value is -2.25. The molecule has 0 bridgehead atoms. The van der Waals surface area contributed by atoms with E-state index in [-0.39, 0.29) is 20.8 Å². The Morgan fingerprint density at radius 3 is 2.16 bits per heavy atom. The molecule has 0 aliphatic heterocycles. The molecule has 9 heteroatoms. The van der Waals surface area contributed by atoms with Crippen molar-refractivity contribution < 1.29 is 13.2 Å². The maximum absolute atomic E-state index is 13.1. The van der Waals surface area contributed by atoms with Crippen LogP contribution in [0, 0.1) is 6.92 Å². The Labute approximate surface area is 203 Å².